The highest BCUT2D eigenvalue weighted by molar-refractivity contribution is 6.12. The van der Waals surface area contributed by atoms with Crippen LogP contribution in [-0.2, 0) is 14.4 Å². The summed E-state index contributed by atoms with van der Waals surface area (Å²) in [6, 6.07) is 3.10. The first-order chi connectivity index (χ1) is 12.8. The Balaban J connectivity index is 2.01. The Morgan fingerprint density at radius 2 is 1.81 bits per heavy atom. The van der Waals surface area contributed by atoms with Gasteiger partial charge in [0, 0.05) is 36.9 Å². The molecule has 1 aromatic carbocycles. The summed E-state index contributed by atoms with van der Waals surface area (Å²) in [4.78, 5) is 46.5. The van der Waals surface area contributed by atoms with E-state index < -0.39 is 23.9 Å². The van der Waals surface area contributed by atoms with Crippen LogP contribution in [0.4, 0.5) is 4.79 Å². The summed E-state index contributed by atoms with van der Waals surface area (Å²) in [5, 5.41) is 11.2. The zero-order valence-corrected chi connectivity index (χ0v) is 14.7. The van der Waals surface area contributed by atoms with Crippen LogP contribution < -0.4 is 14.8 Å². The monoisotopic (exact) mass is 374 g/mol. The van der Waals surface area contributed by atoms with Crippen molar-refractivity contribution in [3.63, 3.8) is 0 Å². The van der Waals surface area contributed by atoms with E-state index in [-0.39, 0.29) is 18.8 Å². The van der Waals surface area contributed by atoms with Crippen molar-refractivity contribution in [3.8, 4) is 11.5 Å². The first-order valence-corrected chi connectivity index (χ1v) is 7.90. The number of carboxylic acids is 1. The van der Waals surface area contributed by atoms with Gasteiger partial charge in [0.2, 0.25) is 0 Å². The van der Waals surface area contributed by atoms with Crippen molar-refractivity contribution >= 4 is 30.0 Å². The molecule has 9 heteroatoms. The maximum absolute atomic E-state index is 12.0. The molecule has 1 aliphatic heterocycles. The molecule has 1 aromatic rings. The maximum Gasteiger partial charge on any atom is 0.412 e. The number of nitrogens with zero attached hydrogens (tertiary/aromatic N) is 1. The molecule has 3 amide bonds. The summed E-state index contributed by atoms with van der Waals surface area (Å²) in [7, 11) is 1.44. The van der Waals surface area contributed by atoms with Crippen molar-refractivity contribution in [2.24, 2.45) is 0 Å². The van der Waals surface area contributed by atoms with Gasteiger partial charge >= 0.3 is 12.1 Å². The zero-order chi connectivity index (χ0) is 20.0. The van der Waals surface area contributed by atoms with Crippen molar-refractivity contribution in [1.29, 1.82) is 0 Å². The van der Waals surface area contributed by atoms with E-state index in [2.05, 4.69) is 5.32 Å². The first-order valence-electron chi connectivity index (χ1n) is 7.90. The number of aliphatic carboxylic acids is 1. The molecule has 2 N–H and O–H groups in total. The Morgan fingerprint density at radius 3 is 2.41 bits per heavy atom. The SMILES string of the molecule is COc1cc(/C=C/C(=O)O)cc(OC(=O)NCCN2C(=O)C=CC2=O)c1C. The molecule has 0 unspecified atom stereocenters. The minimum atomic E-state index is -1.12. The van der Waals surface area contributed by atoms with Gasteiger partial charge in [0.25, 0.3) is 11.8 Å². The second-order valence-corrected chi connectivity index (χ2v) is 5.50. The van der Waals surface area contributed by atoms with Gasteiger partial charge in [-0.25, -0.2) is 9.59 Å². The van der Waals surface area contributed by atoms with Crippen molar-refractivity contribution < 1.29 is 33.8 Å². The Kier molecular flexibility index (Phi) is 6.32. The molecule has 0 atom stereocenters. The number of carbonyl (C=O) groups excluding carboxylic acids is 3. The molecule has 142 valence electrons. The average molecular weight is 374 g/mol. The third kappa shape index (κ3) is 5.18. The van der Waals surface area contributed by atoms with Crippen LogP contribution in [0.1, 0.15) is 11.1 Å². The van der Waals surface area contributed by atoms with E-state index in [9.17, 15) is 19.2 Å². The molecule has 0 bridgehead atoms. The van der Waals surface area contributed by atoms with Crippen molar-refractivity contribution in [2.75, 3.05) is 20.2 Å². The highest BCUT2D eigenvalue weighted by Gasteiger charge is 2.22. The fourth-order valence-corrected chi connectivity index (χ4v) is 2.32. The summed E-state index contributed by atoms with van der Waals surface area (Å²) in [5.74, 6) is -1.38. The molecule has 0 saturated carbocycles. The number of amides is 3. The number of nitrogens with one attached hydrogen (secondary N) is 1. The summed E-state index contributed by atoms with van der Waals surface area (Å²) in [5.41, 5.74) is 1.02. The molecule has 1 aliphatic rings. The van der Waals surface area contributed by atoms with Crippen LogP contribution in [0, 0.1) is 6.92 Å². The number of hydrogen-bond acceptors (Lipinski definition) is 6. The maximum atomic E-state index is 12.0. The lowest BCUT2D eigenvalue weighted by Crippen LogP contribution is -2.39. The van der Waals surface area contributed by atoms with Gasteiger partial charge < -0.3 is 19.9 Å². The fraction of sp³-hybridized carbons (Fsp3) is 0.222. The van der Waals surface area contributed by atoms with E-state index in [1.54, 1.807) is 13.0 Å². The van der Waals surface area contributed by atoms with Gasteiger partial charge in [-0.15, -0.1) is 0 Å². The zero-order valence-electron chi connectivity index (χ0n) is 14.7. The van der Waals surface area contributed by atoms with E-state index in [1.807, 2.05) is 0 Å². The first kappa shape index (κ1) is 19.7. The molecule has 0 saturated heterocycles. The third-order valence-electron chi connectivity index (χ3n) is 3.68. The van der Waals surface area contributed by atoms with Crippen LogP contribution in [-0.4, -0.2) is 54.1 Å². The van der Waals surface area contributed by atoms with Crippen LogP contribution in [0.25, 0.3) is 6.08 Å². The highest BCUT2D eigenvalue weighted by Crippen LogP contribution is 2.30. The minimum Gasteiger partial charge on any atom is -0.496 e. The predicted octanol–water partition coefficient (Wildman–Crippen LogP) is 1.11. The Bertz CT molecular complexity index is 824. The number of methoxy groups -OCH3 is 1. The van der Waals surface area contributed by atoms with Crippen LogP contribution in [0.2, 0.25) is 0 Å². The molecule has 0 aromatic heterocycles. The molecule has 2 rings (SSSR count). The Morgan fingerprint density at radius 1 is 1.19 bits per heavy atom. The molecule has 0 spiro atoms. The summed E-state index contributed by atoms with van der Waals surface area (Å²) >= 11 is 0. The van der Waals surface area contributed by atoms with Gasteiger partial charge in [-0.05, 0) is 30.7 Å². The molecular weight excluding hydrogens is 356 g/mol. The molecule has 0 aliphatic carbocycles. The van der Waals surface area contributed by atoms with E-state index in [1.165, 1.54) is 19.3 Å². The van der Waals surface area contributed by atoms with Crippen LogP contribution >= 0.6 is 0 Å². The van der Waals surface area contributed by atoms with Gasteiger partial charge in [0.1, 0.15) is 11.5 Å². The van der Waals surface area contributed by atoms with Crippen molar-refractivity contribution in [1.82, 2.24) is 10.2 Å². The number of carbonyl (C=O) groups is 4. The standard InChI is InChI=1S/C18H18N2O7/c1-11-13(26-2)9-12(3-6-17(23)24)10-14(11)27-18(25)19-7-8-20-15(21)4-5-16(20)22/h3-6,9-10H,7-8H2,1-2H3,(H,19,25)(H,23,24)/b6-3+. The molecular formula is C18H18N2O7. The van der Waals surface area contributed by atoms with Crippen LogP contribution in [0.15, 0.2) is 30.4 Å². The summed E-state index contributed by atoms with van der Waals surface area (Å²) < 4.78 is 10.4. The molecule has 0 radical (unpaired) electrons. The number of rotatable bonds is 7. The minimum absolute atomic E-state index is 0.0173. The predicted molar refractivity (Wildman–Crippen MR) is 94.3 cm³/mol. The lowest BCUT2D eigenvalue weighted by molar-refractivity contribution is -0.136. The third-order valence-corrected chi connectivity index (χ3v) is 3.68. The Hall–Kier alpha value is -3.62. The summed E-state index contributed by atoms with van der Waals surface area (Å²) in [6.07, 6.45) is 3.82. The molecule has 1 heterocycles. The lowest BCUT2D eigenvalue weighted by Gasteiger charge is -2.15. The Labute approximate surface area is 154 Å². The van der Waals surface area contributed by atoms with Crippen LogP contribution in [0.3, 0.4) is 0 Å². The molecule has 0 fully saturated rings. The second-order valence-electron chi connectivity index (χ2n) is 5.50. The number of carboxylic acid groups (broad SMARTS) is 1. The number of ether oxygens (including phenoxy) is 2. The smallest absolute Gasteiger partial charge is 0.412 e. The van der Waals surface area contributed by atoms with Gasteiger partial charge in [0.05, 0.1) is 7.11 Å². The van der Waals surface area contributed by atoms with Crippen molar-refractivity contribution in [2.45, 2.75) is 6.92 Å². The van der Waals surface area contributed by atoms with E-state index in [4.69, 9.17) is 14.6 Å². The van der Waals surface area contributed by atoms with Gasteiger partial charge in [0.15, 0.2) is 0 Å². The average Bonchev–Trinajstić information content (AvgIpc) is 2.94. The van der Waals surface area contributed by atoms with E-state index >= 15 is 0 Å². The number of imide groups is 1. The van der Waals surface area contributed by atoms with Gasteiger partial charge in [-0.3, -0.25) is 14.5 Å². The topological polar surface area (TPSA) is 122 Å². The van der Waals surface area contributed by atoms with E-state index in [0.717, 1.165) is 23.1 Å². The van der Waals surface area contributed by atoms with E-state index in [0.29, 0.717) is 16.9 Å². The lowest BCUT2D eigenvalue weighted by atomic mass is 10.1. The molecule has 9 nitrogen and oxygen atoms in total. The molecule has 27 heavy (non-hydrogen) atoms. The van der Waals surface area contributed by atoms with Gasteiger partial charge in [-0.1, -0.05) is 0 Å². The number of benzene rings is 1. The second kappa shape index (κ2) is 8.65. The van der Waals surface area contributed by atoms with Crippen molar-refractivity contribution in [3.05, 3.63) is 41.5 Å². The quantitative estimate of drug-likeness (QED) is 0.541. The van der Waals surface area contributed by atoms with Crippen LogP contribution in [0.5, 0.6) is 11.5 Å². The number of hydrogen-bond donors (Lipinski definition) is 2. The fourth-order valence-electron chi connectivity index (χ4n) is 2.32. The van der Waals surface area contributed by atoms with Gasteiger partial charge in [-0.2, -0.15) is 0 Å². The normalized spacial score (nSPS) is 13.3. The largest absolute Gasteiger partial charge is 0.496 e. The summed E-state index contributed by atoms with van der Waals surface area (Å²) in [6.45, 7) is 1.72. The highest BCUT2D eigenvalue weighted by atomic mass is 16.6.